The first kappa shape index (κ1) is 21.1. The van der Waals surface area contributed by atoms with Crippen LogP contribution in [-0.4, -0.2) is 28.3 Å². The highest BCUT2D eigenvalue weighted by Gasteiger charge is 2.57. The van der Waals surface area contributed by atoms with Gasteiger partial charge in [0.25, 0.3) is 0 Å². The quantitative estimate of drug-likeness (QED) is 0.773. The maximum atomic E-state index is 12.4. The number of nitrogens with two attached hydrogens (primary N) is 1. The largest absolute Gasteiger partial charge is 0.380 e. The second kappa shape index (κ2) is 6.95. The van der Waals surface area contributed by atoms with Crippen molar-refractivity contribution in [2.45, 2.75) is 70.0 Å². The number of fused-ring (bicyclic) bond motifs is 5. The van der Waals surface area contributed by atoms with Gasteiger partial charge < -0.3 is 4.18 Å². The highest BCUT2D eigenvalue weighted by Crippen LogP contribution is 2.62. The van der Waals surface area contributed by atoms with Gasteiger partial charge in [0.2, 0.25) is 0 Å². The van der Waals surface area contributed by atoms with Gasteiger partial charge in [0, 0.05) is 6.26 Å². The lowest BCUT2D eigenvalue weighted by Gasteiger charge is -2.50. The summed E-state index contributed by atoms with van der Waals surface area (Å²) < 4.78 is 52.8. The molecule has 1 aromatic carbocycles. The Balaban J connectivity index is 1.70. The van der Waals surface area contributed by atoms with E-state index in [4.69, 9.17) is 9.32 Å². The SMILES string of the molecule is CCc1cc2c(cc1OS(N)(=O)=O)CC[C@@H]1[C@@H]2CC[C@@]2(C)[C@H]1CC[C@@H]2S(C)(=O)=O. The van der Waals surface area contributed by atoms with Crippen molar-refractivity contribution >= 4 is 20.1 Å². The van der Waals surface area contributed by atoms with Gasteiger partial charge in [-0.25, -0.2) is 8.42 Å². The summed E-state index contributed by atoms with van der Waals surface area (Å²) in [4.78, 5) is 0. The molecule has 3 aliphatic carbocycles. The summed E-state index contributed by atoms with van der Waals surface area (Å²) in [6.45, 7) is 4.17. The van der Waals surface area contributed by atoms with E-state index in [1.165, 1.54) is 11.8 Å². The lowest BCUT2D eigenvalue weighted by molar-refractivity contribution is 0.0616. The molecule has 162 valence electrons. The number of rotatable bonds is 4. The van der Waals surface area contributed by atoms with Gasteiger partial charge in [-0.3, -0.25) is 0 Å². The molecule has 5 atom stereocenters. The molecule has 0 aromatic heterocycles. The van der Waals surface area contributed by atoms with Crippen LogP contribution in [0, 0.1) is 17.3 Å². The molecule has 1 aromatic rings. The number of sulfone groups is 1. The monoisotopic (exact) mass is 441 g/mol. The van der Waals surface area contributed by atoms with Crippen LogP contribution in [0.3, 0.4) is 0 Å². The average Bonchev–Trinajstić information content (AvgIpc) is 2.97. The van der Waals surface area contributed by atoms with Crippen molar-refractivity contribution in [3.05, 3.63) is 28.8 Å². The first-order valence-electron chi connectivity index (χ1n) is 10.5. The number of hydrogen-bond donors (Lipinski definition) is 1. The van der Waals surface area contributed by atoms with E-state index < -0.39 is 20.1 Å². The summed E-state index contributed by atoms with van der Waals surface area (Å²) in [7, 11) is -7.11. The van der Waals surface area contributed by atoms with Crippen molar-refractivity contribution in [2.75, 3.05) is 6.26 Å². The van der Waals surface area contributed by atoms with Gasteiger partial charge in [0.05, 0.1) is 5.25 Å². The molecule has 0 saturated heterocycles. The van der Waals surface area contributed by atoms with E-state index in [0.717, 1.165) is 49.7 Å². The fourth-order valence-electron chi connectivity index (χ4n) is 6.78. The highest BCUT2D eigenvalue weighted by atomic mass is 32.2. The van der Waals surface area contributed by atoms with Gasteiger partial charge in [-0.05, 0) is 90.9 Å². The summed E-state index contributed by atoms with van der Waals surface area (Å²) in [5, 5.41) is 4.87. The van der Waals surface area contributed by atoms with E-state index in [1.54, 1.807) is 0 Å². The number of benzene rings is 1. The highest BCUT2D eigenvalue weighted by molar-refractivity contribution is 7.91. The third-order valence-corrected chi connectivity index (χ3v) is 10.1. The Morgan fingerprint density at radius 1 is 1.14 bits per heavy atom. The fraction of sp³-hybridized carbons (Fsp3) is 0.714. The molecule has 8 heteroatoms. The molecular formula is C21H31NO5S2. The molecule has 2 N–H and O–H groups in total. The molecular weight excluding hydrogens is 410 g/mol. The maximum absolute atomic E-state index is 12.4. The number of aryl methyl sites for hydroxylation is 2. The summed E-state index contributed by atoms with van der Waals surface area (Å²) in [6, 6.07) is 3.97. The smallest absolute Gasteiger partial charge is 0.371 e. The minimum Gasteiger partial charge on any atom is -0.371 e. The third-order valence-electron chi connectivity index (χ3n) is 7.92. The molecule has 0 amide bonds. The molecule has 29 heavy (non-hydrogen) atoms. The van der Waals surface area contributed by atoms with E-state index >= 15 is 0 Å². The third kappa shape index (κ3) is 3.61. The molecule has 3 aliphatic rings. The minimum atomic E-state index is -4.06. The first-order valence-corrected chi connectivity index (χ1v) is 13.9. The van der Waals surface area contributed by atoms with Crippen molar-refractivity contribution < 1.29 is 21.0 Å². The van der Waals surface area contributed by atoms with Gasteiger partial charge in [-0.15, -0.1) is 0 Å². The first-order chi connectivity index (χ1) is 13.4. The van der Waals surface area contributed by atoms with E-state index in [0.29, 0.717) is 29.9 Å². The molecule has 0 heterocycles. The van der Waals surface area contributed by atoms with Gasteiger partial charge in [-0.1, -0.05) is 19.9 Å². The predicted molar refractivity (Wildman–Crippen MR) is 113 cm³/mol. The Morgan fingerprint density at radius 2 is 1.86 bits per heavy atom. The van der Waals surface area contributed by atoms with Crippen LogP contribution in [0.5, 0.6) is 5.75 Å². The zero-order chi connectivity index (χ0) is 21.2. The molecule has 0 bridgehead atoms. The molecule has 6 nitrogen and oxygen atoms in total. The molecule has 0 radical (unpaired) electrons. The average molecular weight is 442 g/mol. The van der Waals surface area contributed by atoms with Crippen LogP contribution >= 0.6 is 0 Å². The lowest BCUT2D eigenvalue weighted by atomic mass is 9.55. The molecule has 2 fully saturated rings. The van der Waals surface area contributed by atoms with Gasteiger partial charge in [0.15, 0.2) is 9.84 Å². The summed E-state index contributed by atoms with van der Waals surface area (Å²) in [5.74, 6) is 1.66. The van der Waals surface area contributed by atoms with Crippen LogP contribution in [0.1, 0.15) is 68.6 Å². The molecule has 0 spiro atoms. The van der Waals surface area contributed by atoms with Crippen LogP contribution in [0.2, 0.25) is 0 Å². The van der Waals surface area contributed by atoms with Crippen LogP contribution in [0.4, 0.5) is 0 Å². The Bertz CT molecular complexity index is 1030. The Labute approximate surface area is 174 Å². The second-order valence-electron chi connectivity index (χ2n) is 9.44. The van der Waals surface area contributed by atoms with Gasteiger partial charge in [0.1, 0.15) is 5.75 Å². The van der Waals surface area contributed by atoms with Crippen molar-refractivity contribution in [2.24, 2.45) is 22.4 Å². The summed E-state index contributed by atoms with van der Waals surface area (Å²) in [6.07, 6.45) is 7.59. The predicted octanol–water partition coefficient (Wildman–Crippen LogP) is 3.10. The normalized spacial score (nSPS) is 34.2. The van der Waals surface area contributed by atoms with Crippen molar-refractivity contribution in [1.29, 1.82) is 0 Å². The molecule has 2 saturated carbocycles. The van der Waals surface area contributed by atoms with E-state index in [9.17, 15) is 16.8 Å². The van der Waals surface area contributed by atoms with Crippen LogP contribution in [0.15, 0.2) is 12.1 Å². The Morgan fingerprint density at radius 3 is 2.48 bits per heavy atom. The van der Waals surface area contributed by atoms with Crippen LogP contribution in [0.25, 0.3) is 0 Å². The van der Waals surface area contributed by atoms with Crippen molar-refractivity contribution in [3.63, 3.8) is 0 Å². The Kier molecular flexibility index (Phi) is 5.07. The zero-order valence-corrected chi connectivity index (χ0v) is 19.0. The standard InChI is InChI=1S/C21H31NO5S2/c1-4-13-11-17-14(12-19(13)27-29(22,25)26)5-6-16-15(17)9-10-21(2)18(16)7-8-20(21)28(3,23)24/h11-12,15-16,18,20H,4-10H2,1-3H3,(H2,22,25,26)/t15-,16+,18-,20-,21-/m0/s1. The summed E-state index contributed by atoms with van der Waals surface area (Å²) >= 11 is 0. The fourth-order valence-corrected chi connectivity index (χ4v) is 9.02. The van der Waals surface area contributed by atoms with Gasteiger partial charge in [-0.2, -0.15) is 13.6 Å². The maximum Gasteiger partial charge on any atom is 0.380 e. The summed E-state index contributed by atoms with van der Waals surface area (Å²) in [5.41, 5.74) is 3.16. The number of hydrogen-bond acceptors (Lipinski definition) is 5. The van der Waals surface area contributed by atoms with E-state index in [2.05, 4.69) is 13.0 Å². The molecule has 4 rings (SSSR count). The Hall–Kier alpha value is -1.12. The zero-order valence-electron chi connectivity index (χ0n) is 17.3. The van der Waals surface area contributed by atoms with Crippen molar-refractivity contribution in [1.82, 2.24) is 0 Å². The van der Waals surface area contributed by atoms with E-state index in [1.807, 2.05) is 13.0 Å². The topological polar surface area (TPSA) is 104 Å². The van der Waals surface area contributed by atoms with Crippen LogP contribution < -0.4 is 9.32 Å². The molecule has 0 aliphatic heterocycles. The minimum absolute atomic E-state index is 0.128. The van der Waals surface area contributed by atoms with E-state index in [-0.39, 0.29) is 10.7 Å². The lowest BCUT2D eigenvalue weighted by Crippen LogP contribution is -2.46. The molecule has 0 unspecified atom stereocenters. The second-order valence-corrected chi connectivity index (χ2v) is 12.8. The van der Waals surface area contributed by atoms with Crippen molar-refractivity contribution in [3.8, 4) is 5.75 Å². The van der Waals surface area contributed by atoms with Crippen LogP contribution in [-0.2, 0) is 33.0 Å². The van der Waals surface area contributed by atoms with Gasteiger partial charge >= 0.3 is 10.3 Å².